The minimum atomic E-state index is -2.20. The van der Waals surface area contributed by atoms with Crippen LogP contribution in [-0.4, -0.2) is 12.5 Å². The molecule has 1 aliphatic carbocycles. The lowest BCUT2D eigenvalue weighted by Crippen LogP contribution is -2.52. The molecule has 1 heterocycles. The molecular weight excluding hydrogens is 422 g/mol. The third-order valence-electron chi connectivity index (χ3n) is 6.31. The lowest BCUT2D eigenvalue weighted by Gasteiger charge is -2.15. The fourth-order valence-electron chi connectivity index (χ4n) is 4.99. The zero-order valence-corrected chi connectivity index (χ0v) is 16.1. The van der Waals surface area contributed by atoms with Gasteiger partial charge in [0, 0.05) is 16.6 Å². The number of ketones is 1. The molecule has 4 aromatic carbocycles. The Labute approximate surface area is 179 Å². The zero-order chi connectivity index (χ0) is 22.3. The van der Waals surface area contributed by atoms with Crippen LogP contribution < -0.4 is 16.4 Å². The van der Waals surface area contributed by atoms with Gasteiger partial charge in [0.2, 0.25) is 0 Å². The molecule has 0 N–H and O–H groups in total. The van der Waals surface area contributed by atoms with E-state index in [2.05, 4.69) is 0 Å². The summed E-state index contributed by atoms with van der Waals surface area (Å²) in [6, 6.07) is 16.9. The van der Waals surface area contributed by atoms with Crippen molar-refractivity contribution in [2.75, 3.05) is 0 Å². The molecule has 0 fully saturated rings. The molecule has 0 aromatic heterocycles. The highest BCUT2D eigenvalue weighted by molar-refractivity contribution is 6.99. The van der Waals surface area contributed by atoms with Crippen LogP contribution in [0.15, 0.2) is 60.7 Å². The first-order chi connectivity index (χ1) is 15.4. The van der Waals surface area contributed by atoms with E-state index in [4.69, 9.17) is 0 Å². The van der Waals surface area contributed by atoms with E-state index in [1.165, 1.54) is 0 Å². The van der Waals surface area contributed by atoms with E-state index in [0.29, 0.717) is 38.7 Å². The van der Waals surface area contributed by atoms with Crippen molar-refractivity contribution in [1.82, 2.24) is 0 Å². The summed E-state index contributed by atoms with van der Waals surface area (Å²) >= 11 is 0. The van der Waals surface area contributed by atoms with Gasteiger partial charge in [-0.2, -0.15) is 0 Å². The summed E-state index contributed by atoms with van der Waals surface area (Å²) < 4.78 is 71.4. The highest BCUT2D eigenvalue weighted by atomic mass is 19.2. The number of hydrogen-bond acceptors (Lipinski definition) is 1. The minimum Gasteiger partial charge on any atom is -0.289 e. The van der Waals surface area contributed by atoms with E-state index in [1.807, 2.05) is 6.07 Å². The molecule has 0 saturated carbocycles. The monoisotopic (exact) mass is 432 g/mol. The normalized spacial score (nSPS) is 13.2. The standard InChI is InChI=1S/C25H10BF5O/c27-20-19(21(28)23(30)24(31)22(20)29)26-15-8-4-3-7-14(15)17-16(26)10-9-12-11-5-1-2-6-13(11)25(32)18(12)17/h1-10H. The van der Waals surface area contributed by atoms with Crippen LogP contribution >= 0.6 is 0 Å². The number of benzene rings is 4. The number of fused-ring (bicyclic) bond motifs is 7. The Hall–Kier alpha value is -3.74. The van der Waals surface area contributed by atoms with Crippen LogP contribution in [-0.2, 0) is 0 Å². The molecule has 0 saturated heterocycles. The second-order valence-corrected chi connectivity index (χ2v) is 7.83. The second kappa shape index (κ2) is 6.39. The largest absolute Gasteiger partial charge is 0.289 e. The van der Waals surface area contributed by atoms with Crippen LogP contribution in [0.4, 0.5) is 22.0 Å². The quantitative estimate of drug-likeness (QED) is 0.166. The van der Waals surface area contributed by atoms with Gasteiger partial charge in [-0.3, -0.25) is 4.79 Å². The van der Waals surface area contributed by atoms with Crippen molar-refractivity contribution in [2.45, 2.75) is 0 Å². The molecule has 32 heavy (non-hydrogen) atoms. The van der Waals surface area contributed by atoms with Crippen molar-refractivity contribution in [3.05, 3.63) is 101 Å². The van der Waals surface area contributed by atoms with Crippen LogP contribution in [0.2, 0.25) is 0 Å². The van der Waals surface area contributed by atoms with Crippen LogP contribution in [0.25, 0.3) is 22.3 Å². The highest BCUT2D eigenvalue weighted by Gasteiger charge is 2.43. The van der Waals surface area contributed by atoms with Gasteiger partial charge in [0.05, 0.1) is 0 Å². The van der Waals surface area contributed by atoms with Crippen LogP contribution in [0.3, 0.4) is 0 Å². The molecule has 4 aromatic rings. The molecule has 6 rings (SSSR count). The average Bonchev–Trinajstić information content (AvgIpc) is 3.30. The van der Waals surface area contributed by atoms with Crippen LogP contribution in [0, 0.1) is 29.1 Å². The number of carbonyl (C=O) groups is 1. The second-order valence-electron chi connectivity index (χ2n) is 7.83. The Morgan fingerprint density at radius 3 is 1.75 bits per heavy atom. The van der Waals surface area contributed by atoms with Gasteiger partial charge in [-0.05, 0) is 22.3 Å². The third kappa shape index (κ3) is 2.20. The smallest absolute Gasteiger partial charge is 0.250 e. The molecular formula is C25H10BF5O. The summed E-state index contributed by atoms with van der Waals surface area (Å²) in [5, 5.41) is 0. The maximum Gasteiger partial charge on any atom is 0.250 e. The fourth-order valence-corrected chi connectivity index (χ4v) is 4.99. The zero-order valence-electron chi connectivity index (χ0n) is 16.1. The Bertz CT molecular complexity index is 1480. The molecule has 7 heteroatoms. The summed E-state index contributed by atoms with van der Waals surface area (Å²) in [5.41, 5.74) is 3.09. The Kier molecular flexibility index (Phi) is 3.79. The van der Waals surface area contributed by atoms with Crippen LogP contribution in [0.5, 0.6) is 0 Å². The average molecular weight is 432 g/mol. The van der Waals surface area contributed by atoms with E-state index in [-0.39, 0.29) is 5.78 Å². The van der Waals surface area contributed by atoms with E-state index >= 15 is 0 Å². The summed E-state index contributed by atoms with van der Waals surface area (Å²) in [5.74, 6) is -10.2. The van der Waals surface area contributed by atoms with Gasteiger partial charge in [0.15, 0.2) is 34.9 Å². The Balaban J connectivity index is 1.71. The van der Waals surface area contributed by atoms with Crippen LogP contribution in [0.1, 0.15) is 15.9 Å². The topological polar surface area (TPSA) is 17.1 Å². The van der Waals surface area contributed by atoms with Gasteiger partial charge in [0.25, 0.3) is 6.71 Å². The lowest BCUT2D eigenvalue weighted by molar-refractivity contribution is 0.104. The molecule has 1 nitrogen and oxygen atoms in total. The molecule has 154 valence electrons. The van der Waals surface area contributed by atoms with E-state index < -0.39 is 41.3 Å². The highest BCUT2D eigenvalue weighted by Crippen LogP contribution is 2.42. The maximum atomic E-state index is 14.8. The summed E-state index contributed by atoms with van der Waals surface area (Å²) in [7, 11) is 0. The van der Waals surface area contributed by atoms with E-state index in [9.17, 15) is 26.7 Å². The van der Waals surface area contributed by atoms with E-state index in [0.717, 1.165) is 5.56 Å². The summed E-state index contributed by atoms with van der Waals surface area (Å²) in [6.45, 7) is -1.24. The number of rotatable bonds is 1. The Morgan fingerprint density at radius 2 is 1.06 bits per heavy atom. The SMILES string of the molecule is O=C1c2ccccc2-c2ccc3c(c21)-c1ccccc1B3c1c(F)c(F)c(F)c(F)c1F. The summed E-state index contributed by atoms with van der Waals surface area (Å²) in [4.78, 5) is 13.3. The van der Waals surface area contributed by atoms with Gasteiger partial charge in [0.1, 0.15) is 0 Å². The predicted octanol–water partition coefficient (Wildman–Crippen LogP) is 4.09. The van der Waals surface area contributed by atoms with Crippen molar-refractivity contribution in [3.8, 4) is 22.3 Å². The molecule has 0 radical (unpaired) electrons. The first-order valence-corrected chi connectivity index (χ1v) is 9.83. The van der Waals surface area contributed by atoms with Crippen molar-refractivity contribution in [3.63, 3.8) is 0 Å². The maximum absolute atomic E-state index is 14.8. The molecule has 2 aliphatic rings. The number of hydrogen-bond donors (Lipinski definition) is 0. The van der Waals surface area contributed by atoms with Crippen molar-refractivity contribution < 1.29 is 26.7 Å². The lowest BCUT2D eigenvalue weighted by atomic mass is 9.38. The minimum absolute atomic E-state index is 0.236. The third-order valence-corrected chi connectivity index (χ3v) is 6.31. The van der Waals surface area contributed by atoms with Gasteiger partial charge in [-0.1, -0.05) is 71.6 Å². The van der Waals surface area contributed by atoms with Crippen molar-refractivity contribution >= 4 is 28.9 Å². The van der Waals surface area contributed by atoms with E-state index in [1.54, 1.807) is 54.6 Å². The molecule has 1 aliphatic heterocycles. The van der Waals surface area contributed by atoms with Gasteiger partial charge < -0.3 is 0 Å². The van der Waals surface area contributed by atoms with Crippen molar-refractivity contribution in [2.24, 2.45) is 0 Å². The number of halogens is 5. The molecule has 0 spiro atoms. The fraction of sp³-hybridized carbons (Fsp3) is 0. The Morgan fingerprint density at radius 1 is 0.500 bits per heavy atom. The molecule has 0 amide bonds. The first kappa shape index (κ1) is 19.0. The first-order valence-electron chi connectivity index (χ1n) is 9.83. The van der Waals surface area contributed by atoms with Gasteiger partial charge >= 0.3 is 0 Å². The molecule has 0 unspecified atom stereocenters. The predicted molar refractivity (Wildman–Crippen MR) is 112 cm³/mol. The number of carbonyl (C=O) groups excluding carboxylic acids is 1. The van der Waals surface area contributed by atoms with Crippen molar-refractivity contribution in [1.29, 1.82) is 0 Å². The molecule has 0 atom stereocenters. The molecule has 0 bridgehead atoms. The van der Waals surface area contributed by atoms with Gasteiger partial charge in [-0.15, -0.1) is 0 Å². The summed E-state index contributed by atoms with van der Waals surface area (Å²) in [6.07, 6.45) is 0. The van der Waals surface area contributed by atoms with Gasteiger partial charge in [-0.25, -0.2) is 22.0 Å².